The van der Waals surface area contributed by atoms with E-state index in [0.29, 0.717) is 31.2 Å². The molecule has 7 nitrogen and oxygen atoms in total. The molecule has 0 bridgehead atoms. The molecular weight excluding hydrogens is 386 g/mol. The monoisotopic (exact) mass is 407 g/mol. The molecule has 1 atom stereocenters. The minimum atomic E-state index is -3.40. The number of hydrogen-bond donors (Lipinski definition) is 1. The van der Waals surface area contributed by atoms with Crippen molar-refractivity contribution in [3.63, 3.8) is 0 Å². The summed E-state index contributed by atoms with van der Waals surface area (Å²) in [6.07, 6.45) is 1.76. The van der Waals surface area contributed by atoms with Gasteiger partial charge in [0.2, 0.25) is 10.0 Å². The number of nitrogens with zero attached hydrogens (tertiary/aromatic N) is 2. The van der Waals surface area contributed by atoms with Crippen LogP contribution < -0.4 is 5.32 Å². The highest BCUT2D eigenvalue weighted by Gasteiger charge is 2.30. The third kappa shape index (κ3) is 4.21. The van der Waals surface area contributed by atoms with Crippen LogP contribution in [0.4, 0.5) is 5.13 Å². The van der Waals surface area contributed by atoms with Crippen molar-refractivity contribution in [2.45, 2.75) is 37.7 Å². The highest BCUT2D eigenvalue weighted by Crippen LogP contribution is 2.30. The number of nitrogens with one attached hydrogen (secondary N) is 1. The highest BCUT2D eigenvalue weighted by atomic mass is 32.2. The van der Waals surface area contributed by atoms with Gasteiger partial charge >= 0.3 is 0 Å². The van der Waals surface area contributed by atoms with Crippen molar-refractivity contribution in [2.24, 2.45) is 0 Å². The van der Waals surface area contributed by atoms with Gasteiger partial charge in [0, 0.05) is 31.0 Å². The number of amides is 1. The summed E-state index contributed by atoms with van der Waals surface area (Å²) < 4.78 is 32.4. The highest BCUT2D eigenvalue weighted by molar-refractivity contribution is 7.88. The molecule has 1 N–H and O–H groups in total. The number of rotatable bonds is 5. The van der Waals surface area contributed by atoms with Crippen LogP contribution >= 0.6 is 11.3 Å². The summed E-state index contributed by atoms with van der Waals surface area (Å²) in [4.78, 5) is 17.5. The van der Waals surface area contributed by atoms with Crippen LogP contribution in [0.2, 0.25) is 0 Å². The fourth-order valence-electron chi connectivity index (χ4n) is 3.31. The molecule has 1 aromatic heterocycles. The van der Waals surface area contributed by atoms with Gasteiger partial charge in [-0.05, 0) is 18.4 Å². The van der Waals surface area contributed by atoms with Crippen LogP contribution in [0, 0.1) is 0 Å². The Morgan fingerprint density at radius 1 is 1.33 bits per heavy atom. The Morgan fingerprint density at radius 2 is 2.15 bits per heavy atom. The number of ether oxygens (including phenoxy) is 1. The second-order valence-corrected chi connectivity index (χ2v) is 9.76. The van der Waals surface area contributed by atoms with Gasteiger partial charge in [0.25, 0.3) is 5.91 Å². The zero-order valence-electron chi connectivity index (χ0n) is 14.8. The number of sulfonamides is 1. The second kappa shape index (κ2) is 7.67. The van der Waals surface area contributed by atoms with Crippen molar-refractivity contribution in [3.8, 4) is 0 Å². The molecule has 2 aliphatic heterocycles. The van der Waals surface area contributed by atoms with Crippen molar-refractivity contribution in [1.29, 1.82) is 0 Å². The first kappa shape index (κ1) is 18.5. The minimum absolute atomic E-state index is 0.00934. The molecule has 9 heteroatoms. The van der Waals surface area contributed by atoms with E-state index in [1.54, 1.807) is 0 Å². The Kier molecular flexibility index (Phi) is 5.27. The van der Waals surface area contributed by atoms with E-state index in [1.807, 2.05) is 30.3 Å². The van der Waals surface area contributed by atoms with Crippen LogP contribution in [-0.2, 0) is 38.3 Å². The molecule has 2 aliphatic rings. The lowest BCUT2D eigenvalue weighted by Gasteiger charge is -2.25. The number of fused-ring (bicyclic) bond motifs is 1. The number of hydrogen-bond acceptors (Lipinski definition) is 6. The molecule has 3 heterocycles. The van der Waals surface area contributed by atoms with Gasteiger partial charge in [-0.2, -0.15) is 4.31 Å². The summed E-state index contributed by atoms with van der Waals surface area (Å²) in [5.74, 6) is -0.183. The van der Waals surface area contributed by atoms with Gasteiger partial charge in [0.15, 0.2) is 5.13 Å². The summed E-state index contributed by atoms with van der Waals surface area (Å²) in [5.41, 5.74) is 1.64. The Labute approximate surface area is 162 Å². The van der Waals surface area contributed by atoms with E-state index in [1.165, 1.54) is 15.6 Å². The molecule has 1 unspecified atom stereocenters. The molecule has 0 spiro atoms. The van der Waals surface area contributed by atoms with Gasteiger partial charge in [-0.25, -0.2) is 13.4 Å². The molecule has 1 saturated heterocycles. The quantitative estimate of drug-likeness (QED) is 0.820. The third-order valence-corrected chi connectivity index (χ3v) is 7.53. The van der Waals surface area contributed by atoms with E-state index < -0.39 is 16.1 Å². The topological polar surface area (TPSA) is 88.6 Å². The van der Waals surface area contributed by atoms with E-state index in [9.17, 15) is 13.2 Å². The van der Waals surface area contributed by atoms with Gasteiger partial charge in [-0.1, -0.05) is 30.3 Å². The average molecular weight is 408 g/mol. The molecule has 0 saturated carbocycles. The van der Waals surface area contributed by atoms with E-state index in [-0.39, 0.29) is 11.7 Å². The maximum absolute atomic E-state index is 12.7. The summed E-state index contributed by atoms with van der Waals surface area (Å²) in [7, 11) is -3.40. The summed E-state index contributed by atoms with van der Waals surface area (Å²) >= 11 is 1.34. The fraction of sp³-hybridized carbons (Fsp3) is 0.444. The standard InChI is InChI=1S/C18H21N3O4S2/c22-17(15-7-4-10-25-15)20-18-19-14-8-9-21(11-16(14)26-18)27(23,24)12-13-5-2-1-3-6-13/h1-3,5-6,15H,4,7-12H2,(H,19,20,22). The van der Waals surface area contributed by atoms with Crippen molar-refractivity contribution in [1.82, 2.24) is 9.29 Å². The normalized spacial score (nSPS) is 20.4. The van der Waals surface area contributed by atoms with E-state index in [2.05, 4.69) is 10.3 Å². The van der Waals surface area contributed by atoms with Gasteiger partial charge in [-0.3, -0.25) is 10.1 Å². The zero-order chi connectivity index (χ0) is 18.9. The van der Waals surface area contributed by atoms with Gasteiger partial charge in [-0.15, -0.1) is 11.3 Å². The molecule has 144 valence electrons. The molecular formula is C18H21N3O4S2. The van der Waals surface area contributed by atoms with Gasteiger partial charge in [0.05, 0.1) is 11.4 Å². The number of carbonyl (C=O) groups excluding carboxylic acids is 1. The number of benzene rings is 1. The molecule has 1 amide bonds. The maximum atomic E-state index is 12.7. The molecule has 2 aromatic rings. The van der Waals surface area contributed by atoms with E-state index in [4.69, 9.17) is 4.74 Å². The summed E-state index contributed by atoms with van der Waals surface area (Å²) in [6, 6.07) is 9.18. The lowest BCUT2D eigenvalue weighted by atomic mass is 10.2. The molecule has 0 radical (unpaired) electrons. The largest absolute Gasteiger partial charge is 0.368 e. The van der Waals surface area contributed by atoms with Gasteiger partial charge < -0.3 is 4.74 Å². The van der Waals surface area contributed by atoms with Crippen molar-refractivity contribution in [3.05, 3.63) is 46.5 Å². The van der Waals surface area contributed by atoms with E-state index >= 15 is 0 Å². The number of aromatic nitrogens is 1. The minimum Gasteiger partial charge on any atom is -0.368 e. The van der Waals surface area contributed by atoms with E-state index in [0.717, 1.165) is 29.0 Å². The number of thiazole rings is 1. The van der Waals surface area contributed by atoms with Crippen molar-refractivity contribution < 1.29 is 17.9 Å². The lowest BCUT2D eigenvalue weighted by Crippen LogP contribution is -2.36. The lowest BCUT2D eigenvalue weighted by molar-refractivity contribution is -0.124. The Morgan fingerprint density at radius 3 is 2.89 bits per heavy atom. The number of anilines is 1. The first-order valence-electron chi connectivity index (χ1n) is 8.94. The van der Waals surface area contributed by atoms with Crippen LogP contribution in [-0.4, -0.2) is 42.9 Å². The van der Waals surface area contributed by atoms with Crippen LogP contribution in [0.3, 0.4) is 0 Å². The molecule has 0 aliphatic carbocycles. The Bertz CT molecular complexity index is 921. The Balaban J connectivity index is 1.43. The smallest absolute Gasteiger partial charge is 0.255 e. The molecule has 4 rings (SSSR count). The van der Waals surface area contributed by atoms with Crippen LogP contribution in [0.5, 0.6) is 0 Å². The van der Waals surface area contributed by atoms with Crippen molar-refractivity contribution >= 4 is 32.4 Å². The maximum Gasteiger partial charge on any atom is 0.255 e. The SMILES string of the molecule is O=C(Nc1nc2c(s1)CN(S(=O)(=O)Cc1ccccc1)CC2)C1CCCO1. The Hall–Kier alpha value is -1.81. The molecule has 1 fully saturated rings. The fourth-order valence-corrected chi connectivity index (χ4v) is 5.91. The first-order chi connectivity index (χ1) is 13.0. The number of carbonyl (C=O) groups is 1. The average Bonchev–Trinajstić information content (AvgIpc) is 3.31. The van der Waals surface area contributed by atoms with Crippen LogP contribution in [0.1, 0.15) is 29.0 Å². The third-order valence-electron chi connectivity index (χ3n) is 4.73. The molecule has 1 aromatic carbocycles. The summed E-state index contributed by atoms with van der Waals surface area (Å²) in [6.45, 7) is 1.32. The predicted molar refractivity (Wildman–Crippen MR) is 103 cm³/mol. The second-order valence-electron chi connectivity index (χ2n) is 6.71. The summed E-state index contributed by atoms with van der Waals surface area (Å²) in [5, 5.41) is 3.33. The van der Waals surface area contributed by atoms with Gasteiger partial charge in [0.1, 0.15) is 6.10 Å². The predicted octanol–water partition coefficient (Wildman–Crippen LogP) is 2.15. The van der Waals surface area contributed by atoms with Crippen molar-refractivity contribution in [2.75, 3.05) is 18.5 Å². The van der Waals surface area contributed by atoms with Crippen LogP contribution in [0.25, 0.3) is 0 Å². The van der Waals surface area contributed by atoms with Crippen LogP contribution in [0.15, 0.2) is 30.3 Å². The molecule has 27 heavy (non-hydrogen) atoms. The first-order valence-corrected chi connectivity index (χ1v) is 11.4. The zero-order valence-corrected chi connectivity index (χ0v) is 16.4.